The van der Waals surface area contributed by atoms with Gasteiger partial charge in [-0.1, -0.05) is 42.5 Å². The maximum Gasteiger partial charge on any atom is 0.262 e. The lowest BCUT2D eigenvalue weighted by Gasteiger charge is -2.09. The zero-order valence-electron chi connectivity index (χ0n) is 15.9. The Kier molecular flexibility index (Phi) is 4.53. The monoisotopic (exact) mass is 395 g/mol. The van der Waals surface area contributed by atoms with Gasteiger partial charge in [0.15, 0.2) is 12.3 Å². The Morgan fingerprint density at radius 2 is 1.77 bits per heavy atom. The van der Waals surface area contributed by atoms with Crippen molar-refractivity contribution in [3.8, 4) is 17.0 Å². The SMILES string of the molecule is O=C(COc1ccc2ccccc2c1)Nc1ccc(-c2ccc3nncn3n2)cc1. The summed E-state index contributed by atoms with van der Waals surface area (Å²) in [7, 11) is 0. The summed E-state index contributed by atoms with van der Waals surface area (Å²) < 4.78 is 7.26. The van der Waals surface area contributed by atoms with Gasteiger partial charge in [0.1, 0.15) is 12.1 Å². The normalized spacial score (nSPS) is 10.9. The highest BCUT2D eigenvalue weighted by Gasteiger charge is 2.06. The molecule has 1 N–H and O–H groups in total. The molecule has 1 amide bonds. The molecule has 146 valence electrons. The average molecular weight is 395 g/mol. The molecule has 0 bridgehead atoms. The third-order valence-corrected chi connectivity index (χ3v) is 4.72. The van der Waals surface area contributed by atoms with E-state index >= 15 is 0 Å². The molecule has 7 heteroatoms. The van der Waals surface area contributed by atoms with Gasteiger partial charge in [-0.25, -0.2) is 0 Å². The highest BCUT2D eigenvalue weighted by Crippen LogP contribution is 2.21. The Hall–Kier alpha value is -4.26. The third kappa shape index (κ3) is 3.68. The lowest BCUT2D eigenvalue weighted by Crippen LogP contribution is -2.20. The number of benzene rings is 3. The summed E-state index contributed by atoms with van der Waals surface area (Å²) in [6.07, 6.45) is 1.56. The molecular weight excluding hydrogens is 378 g/mol. The summed E-state index contributed by atoms with van der Waals surface area (Å²) in [4.78, 5) is 12.3. The van der Waals surface area contributed by atoms with Gasteiger partial charge in [-0.05, 0) is 47.2 Å². The van der Waals surface area contributed by atoms with Gasteiger partial charge in [0, 0.05) is 11.3 Å². The molecule has 3 aromatic carbocycles. The molecule has 0 radical (unpaired) electrons. The number of aromatic nitrogens is 4. The second-order valence-electron chi connectivity index (χ2n) is 6.78. The first-order chi connectivity index (χ1) is 14.7. The van der Waals surface area contributed by atoms with Crippen LogP contribution >= 0.6 is 0 Å². The van der Waals surface area contributed by atoms with Crippen molar-refractivity contribution in [2.45, 2.75) is 0 Å². The van der Waals surface area contributed by atoms with E-state index in [4.69, 9.17) is 4.74 Å². The Balaban J connectivity index is 1.22. The van der Waals surface area contributed by atoms with Crippen LogP contribution in [-0.2, 0) is 4.79 Å². The van der Waals surface area contributed by atoms with E-state index in [2.05, 4.69) is 20.6 Å². The number of hydrogen-bond acceptors (Lipinski definition) is 5. The molecule has 0 atom stereocenters. The van der Waals surface area contributed by atoms with Crippen molar-refractivity contribution in [3.05, 3.63) is 85.2 Å². The van der Waals surface area contributed by atoms with Crippen LogP contribution in [0.5, 0.6) is 5.75 Å². The molecular formula is C23H17N5O2. The molecule has 5 rings (SSSR count). The van der Waals surface area contributed by atoms with Gasteiger partial charge in [0.25, 0.3) is 5.91 Å². The first-order valence-corrected chi connectivity index (χ1v) is 9.44. The Morgan fingerprint density at radius 1 is 0.933 bits per heavy atom. The molecule has 0 aliphatic carbocycles. The van der Waals surface area contributed by atoms with Gasteiger partial charge in [0.2, 0.25) is 0 Å². The van der Waals surface area contributed by atoms with E-state index in [-0.39, 0.29) is 12.5 Å². The maximum atomic E-state index is 12.3. The maximum absolute atomic E-state index is 12.3. The number of nitrogens with zero attached hydrogens (tertiary/aromatic N) is 4. The number of rotatable bonds is 5. The topological polar surface area (TPSA) is 81.4 Å². The fourth-order valence-electron chi connectivity index (χ4n) is 3.21. The van der Waals surface area contributed by atoms with Crippen molar-refractivity contribution in [1.29, 1.82) is 0 Å². The molecule has 0 fully saturated rings. The quantitative estimate of drug-likeness (QED) is 0.487. The molecule has 0 aliphatic heterocycles. The van der Waals surface area contributed by atoms with Gasteiger partial charge < -0.3 is 10.1 Å². The van der Waals surface area contributed by atoms with Crippen LogP contribution in [0.2, 0.25) is 0 Å². The minimum Gasteiger partial charge on any atom is -0.484 e. The van der Waals surface area contributed by atoms with E-state index < -0.39 is 0 Å². The van der Waals surface area contributed by atoms with E-state index in [9.17, 15) is 4.79 Å². The highest BCUT2D eigenvalue weighted by molar-refractivity contribution is 5.92. The summed E-state index contributed by atoms with van der Waals surface area (Å²) in [6.45, 7) is -0.0635. The van der Waals surface area contributed by atoms with Crippen molar-refractivity contribution in [2.75, 3.05) is 11.9 Å². The zero-order chi connectivity index (χ0) is 20.3. The molecule has 2 aromatic heterocycles. The summed E-state index contributed by atoms with van der Waals surface area (Å²) >= 11 is 0. The van der Waals surface area contributed by atoms with Crippen LogP contribution in [0.4, 0.5) is 5.69 Å². The van der Waals surface area contributed by atoms with Gasteiger partial charge >= 0.3 is 0 Å². The summed E-state index contributed by atoms with van der Waals surface area (Å²) in [5.41, 5.74) is 3.10. The fourth-order valence-corrected chi connectivity index (χ4v) is 3.21. The van der Waals surface area contributed by atoms with E-state index in [1.54, 1.807) is 10.8 Å². The molecule has 0 saturated carbocycles. The van der Waals surface area contributed by atoms with E-state index in [1.165, 1.54) is 0 Å². The summed E-state index contributed by atoms with van der Waals surface area (Å²) in [6, 6.07) is 25.0. The number of nitrogens with one attached hydrogen (secondary N) is 1. The molecule has 0 unspecified atom stereocenters. The number of amides is 1. The average Bonchev–Trinajstić information content (AvgIpc) is 3.26. The van der Waals surface area contributed by atoms with Crippen molar-refractivity contribution in [2.24, 2.45) is 0 Å². The molecule has 0 aliphatic rings. The van der Waals surface area contributed by atoms with Crippen molar-refractivity contribution in [3.63, 3.8) is 0 Å². The predicted octanol–water partition coefficient (Wildman–Crippen LogP) is 3.96. The van der Waals surface area contributed by atoms with Crippen LogP contribution in [0.3, 0.4) is 0 Å². The zero-order valence-corrected chi connectivity index (χ0v) is 15.9. The Morgan fingerprint density at radius 3 is 2.63 bits per heavy atom. The number of ether oxygens (including phenoxy) is 1. The molecule has 0 saturated heterocycles. The smallest absolute Gasteiger partial charge is 0.262 e. The first-order valence-electron chi connectivity index (χ1n) is 9.44. The largest absolute Gasteiger partial charge is 0.484 e. The number of carbonyl (C=O) groups excluding carboxylic acids is 1. The van der Waals surface area contributed by atoms with Gasteiger partial charge in [-0.2, -0.15) is 9.61 Å². The fraction of sp³-hybridized carbons (Fsp3) is 0.0435. The van der Waals surface area contributed by atoms with Crippen LogP contribution in [0.1, 0.15) is 0 Å². The molecule has 2 heterocycles. The lowest BCUT2D eigenvalue weighted by atomic mass is 10.1. The van der Waals surface area contributed by atoms with Gasteiger partial charge in [0.05, 0.1) is 5.69 Å². The van der Waals surface area contributed by atoms with Crippen molar-refractivity contribution in [1.82, 2.24) is 19.8 Å². The minimum atomic E-state index is -0.222. The van der Waals surface area contributed by atoms with Crippen molar-refractivity contribution < 1.29 is 9.53 Å². The molecule has 0 spiro atoms. The van der Waals surface area contributed by atoms with Gasteiger partial charge in [-0.15, -0.1) is 10.2 Å². The van der Waals surface area contributed by atoms with E-state index in [0.717, 1.165) is 22.0 Å². The minimum absolute atomic E-state index is 0.0635. The second kappa shape index (κ2) is 7.63. The molecule has 30 heavy (non-hydrogen) atoms. The number of hydrogen-bond donors (Lipinski definition) is 1. The third-order valence-electron chi connectivity index (χ3n) is 4.72. The van der Waals surface area contributed by atoms with Crippen LogP contribution in [0.25, 0.3) is 27.7 Å². The summed E-state index contributed by atoms with van der Waals surface area (Å²) in [5, 5.41) is 17.3. The predicted molar refractivity (Wildman–Crippen MR) is 114 cm³/mol. The first kappa shape index (κ1) is 17.8. The standard InChI is InChI=1S/C23H17N5O2/c29-23(14-30-20-10-7-16-3-1-2-4-18(16)13-20)25-19-8-5-17(6-9-19)21-11-12-22-26-24-15-28(22)27-21/h1-13,15H,14H2,(H,25,29). The number of carbonyl (C=O) groups is 1. The van der Waals surface area contributed by atoms with E-state index in [1.807, 2.05) is 78.9 Å². The number of anilines is 1. The van der Waals surface area contributed by atoms with Crippen LogP contribution in [-0.4, -0.2) is 32.3 Å². The second-order valence-corrected chi connectivity index (χ2v) is 6.78. The summed E-state index contributed by atoms with van der Waals surface area (Å²) in [5.74, 6) is 0.439. The molecule has 7 nitrogen and oxygen atoms in total. The Bertz CT molecular complexity index is 1340. The van der Waals surface area contributed by atoms with Crippen LogP contribution in [0, 0.1) is 0 Å². The molecule has 5 aromatic rings. The van der Waals surface area contributed by atoms with Gasteiger partial charge in [-0.3, -0.25) is 4.79 Å². The lowest BCUT2D eigenvalue weighted by molar-refractivity contribution is -0.118. The Labute approximate surface area is 171 Å². The number of fused-ring (bicyclic) bond motifs is 2. The van der Waals surface area contributed by atoms with Crippen LogP contribution < -0.4 is 10.1 Å². The van der Waals surface area contributed by atoms with Crippen molar-refractivity contribution >= 4 is 28.0 Å². The highest BCUT2D eigenvalue weighted by atomic mass is 16.5. The van der Waals surface area contributed by atoms with Crippen LogP contribution in [0.15, 0.2) is 85.2 Å². The van der Waals surface area contributed by atoms with E-state index in [0.29, 0.717) is 17.1 Å².